The largest absolute Gasteiger partial charge is 0.392 e. The second-order valence-electron chi connectivity index (χ2n) is 4.06. The number of rotatable bonds is 9. The fourth-order valence-corrected chi connectivity index (χ4v) is 1.07. The third-order valence-corrected chi connectivity index (χ3v) is 2.21. The molecule has 2 unspecified atom stereocenters. The standard InChI is InChI=1S/C7H13NO2.C4H7NO.C4H10OS/c1-3-9-6-10-7(2)4-5-8;1-4(6)2-3-5;1-3-5-4-6-2/h7H,3-4,6H2,1-2H3;4,6H,2H2,1H3;3-4H2,1-2H3. The molecule has 2 atom stereocenters. The van der Waals surface area contributed by atoms with Crippen LogP contribution in [0.1, 0.15) is 40.5 Å². The van der Waals surface area contributed by atoms with Crippen molar-refractivity contribution in [2.75, 3.05) is 32.2 Å². The van der Waals surface area contributed by atoms with Crippen LogP contribution in [0.15, 0.2) is 0 Å². The molecular formula is C15H30N2O4S. The lowest BCUT2D eigenvalue weighted by Crippen LogP contribution is -2.10. The Bertz CT molecular complexity index is 274. The van der Waals surface area contributed by atoms with Crippen molar-refractivity contribution in [1.29, 1.82) is 10.5 Å². The van der Waals surface area contributed by atoms with Gasteiger partial charge in [-0.3, -0.25) is 0 Å². The highest BCUT2D eigenvalue weighted by atomic mass is 32.2. The Labute approximate surface area is 139 Å². The van der Waals surface area contributed by atoms with E-state index < -0.39 is 6.10 Å². The van der Waals surface area contributed by atoms with Gasteiger partial charge in [0.2, 0.25) is 0 Å². The van der Waals surface area contributed by atoms with Crippen molar-refractivity contribution in [2.24, 2.45) is 0 Å². The van der Waals surface area contributed by atoms with Crippen LogP contribution in [0.4, 0.5) is 0 Å². The van der Waals surface area contributed by atoms with E-state index in [9.17, 15) is 0 Å². The first kappa shape index (κ1) is 26.1. The van der Waals surface area contributed by atoms with E-state index in [1.807, 2.05) is 39.2 Å². The second-order valence-corrected chi connectivity index (χ2v) is 4.87. The topological polar surface area (TPSA) is 95.5 Å². The summed E-state index contributed by atoms with van der Waals surface area (Å²) >= 11 is 1.70. The molecule has 0 bridgehead atoms. The van der Waals surface area contributed by atoms with E-state index in [1.54, 1.807) is 18.7 Å². The lowest BCUT2D eigenvalue weighted by atomic mass is 10.3. The van der Waals surface area contributed by atoms with Crippen molar-refractivity contribution in [2.45, 2.75) is 52.7 Å². The quantitative estimate of drug-likeness (QED) is 0.511. The Balaban J connectivity index is -0.000000261. The molecule has 6 nitrogen and oxygen atoms in total. The van der Waals surface area contributed by atoms with Crippen LogP contribution in [0.2, 0.25) is 0 Å². The minimum absolute atomic E-state index is 0.0171. The lowest BCUT2D eigenvalue weighted by Gasteiger charge is -2.07. The van der Waals surface area contributed by atoms with Gasteiger partial charge >= 0.3 is 0 Å². The highest BCUT2D eigenvalue weighted by molar-refractivity contribution is 7.98. The highest BCUT2D eigenvalue weighted by Crippen LogP contribution is 1.94. The van der Waals surface area contributed by atoms with E-state index >= 15 is 0 Å². The highest BCUT2D eigenvalue weighted by Gasteiger charge is 1.98. The molecule has 0 radical (unpaired) electrons. The van der Waals surface area contributed by atoms with Gasteiger partial charge in [-0.05, 0) is 34.0 Å². The summed E-state index contributed by atoms with van der Waals surface area (Å²) in [4.78, 5) is 0. The molecule has 0 amide bonds. The van der Waals surface area contributed by atoms with Crippen LogP contribution in [0.3, 0.4) is 0 Å². The number of nitriles is 2. The zero-order valence-electron chi connectivity index (χ0n) is 14.4. The molecule has 22 heavy (non-hydrogen) atoms. The fourth-order valence-electron chi connectivity index (χ4n) is 0.734. The normalized spacial score (nSPS) is 11.6. The summed E-state index contributed by atoms with van der Waals surface area (Å²) < 4.78 is 14.9. The zero-order valence-corrected chi connectivity index (χ0v) is 15.2. The number of aliphatic hydroxyl groups is 1. The number of aliphatic hydroxyl groups excluding tert-OH is 1. The summed E-state index contributed by atoms with van der Waals surface area (Å²) in [6, 6.07) is 3.83. The Morgan fingerprint density at radius 1 is 1.05 bits per heavy atom. The van der Waals surface area contributed by atoms with Gasteiger partial charge in [0.1, 0.15) is 6.79 Å². The van der Waals surface area contributed by atoms with E-state index in [0.29, 0.717) is 19.8 Å². The molecule has 0 saturated heterocycles. The molecule has 0 rings (SSSR count). The monoisotopic (exact) mass is 334 g/mol. The van der Waals surface area contributed by atoms with Crippen molar-refractivity contribution in [3.8, 4) is 12.1 Å². The molecule has 1 N–H and O–H groups in total. The van der Waals surface area contributed by atoms with Crippen molar-refractivity contribution in [1.82, 2.24) is 0 Å². The number of thioether (sulfide) groups is 1. The van der Waals surface area contributed by atoms with Gasteiger partial charge in [-0.2, -0.15) is 10.5 Å². The molecule has 0 aromatic heterocycles. The van der Waals surface area contributed by atoms with E-state index in [2.05, 4.69) is 0 Å². The number of hydrogen-bond donors (Lipinski definition) is 1. The smallest absolute Gasteiger partial charge is 0.147 e. The number of nitrogens with zero attached hydrogens (tertiary/aromatic N) is 2. The summed E-state index contributed by atoms with van der Waals surface area (Å²) in [6.45, 7) is 9.11. The van der Waals surface area contributed by atoms with E-state index in [1.165, 1.54) is 0 Å². The first-order valence-corrected chi connectivity index (χ1v) is 8.57. The van der Waals surface area contributed by atoms with Crippen molar-refractivity contribution in [3.63, 3.8) is 0 Å². The van der Waals surface area contributed by atoms with Crippen LogP contribution in [0, 0.1) is 22.7 Å². The zero-order chi connectivity index (χ0) is 17.6. The molecule has 0 fully saturated rings. The number of hydrogen-bond acceptors (Lipinski definition) is 7. The van der Waals surface area contributed by atoms with E-state index in [4.69, 9.17) is 29.8 Å². The Morgan fingerprint density at radius 2 is 1.59 bits per heavy atom. The summed E-state index contributed by atoms with van der Waals surface area (Å²) in [5.41, 5.74) is 0. The van der Waals surface area contributed by atoms with Gasteiger partial charge in [-0.15, -0.1) is 11.8 Å². The lowest BCUT2D eigenvalue weighted by molar-refractivity contribution is -0.0786. The molecule has 0 heterocycles. The molecular weight excluding hydrogens is 304 g/mol. The van der Waals surface area contributed by atoms with Gasteiger partial charge in [0.25, 0.3) is 0 Å². The minimum Gasteiger partial charge on any atom is -0.392 e. The third kappa shape index (κ3) is 36.5. The maximum absolute atomic E-state index is 8.33. The summed E-state index contributed by atoms with van der Waals surface area (Å²) in [7, 11) is 0. The molecule has 0 aromatic carbocycles. The minimum atomic E-state index is -0.463. The average molecular weight is 334 g/mol. The SMILES string of the molecule is CC(O)CC#N.CCOCOC(C)CC#N.CCOCSC. The third-order valence-electron chi connectivity index (χ3n) is 1.81. The molecule has 7 heteroatoms. The van der Waals surface area contributed by atoms with Crippen molar-refractivity contribution >= 4 is 11.8 Å². The fraction of sp³-hybridized carbons (Fsp3) is 0.867. The van der Waals surface area contributed by atoms with Crippen molar-refractivity contribution in [3.05, 3.63) is 0 Å². The summed E-state index contributed by atoms with van der Waals surface area (Å²) in [6.07, 6.45) is 2.20. The van der Waals surface area contributed by atoms with Crippen LogP contribution in [-0.4, -0.2) is 49.5 Å². The van der Waals surface area contributed by atoms with Crippen LogP contribution in [0.5, 0.6) is 0 Å². The summed E-state index contributed by atoms with van der Waals surface area (Å²) in [5, 5.41) is 24.4. The van der Waals surface area contributed by atoms with Gasteiger partial charge in [-0.1, -0.05) is 0 Å². The molecule has 0 aromatic rings. The van der Waals surface area contributed by atoms with Crippen LogP contribution in [-0.2, 0) is 14.2 Å². The van der Waals surface area contributed by atoms with Crippen molar-refractivity contribution < 1.29 is 19.3 Å². The maximum Gasteiger partial charge on any atom is 0.147 e. The second kappa shape index (κ2) is 25.1. The average Bonchev–Trinajstić information content (AvgIpc) is 2.47. The predicted molar refractivity (Wildman–Crippen MR) is 89.2 cm³/mol. The van der Waals surface area contributed by atoms with Crippen LogP contribution >= 0.6 is 11.8 Å². The van der Waals surface area contributed by atoms with Crippen LogP contribution < -0.4 is 0 Å². The van der Waals surface area contributed by atoms with Gasteiger partial charge < -0.3 is 19.3 Å². The molecule has 0 saturated carbocycles. The van der Waals surface area contributed by atoms with Gasteiger partial charge in [0.05, 0.1) is 43.1 Å². The Hall–Kier alpha value is -0.830. The van der Waals surface area contributed by atoms with Gasteiger partial charge in [0, 0.05) is 13.2 Å². The Morgan fingerprint density at radius 3 is 1.86 bits per heavy atom. The summed E-state index contributed by atoms with van der Waals surface area (Å²) in [5.74, 6) is 0.830. The van der Waals surface area contributed by atoms with E-state index in [0.717, 1.165) is 12.5 Å². The molecule has 0 aliphatic carbocycles. The molecule has 0 aliphatic rings. The van der Waals surface area contributed by atoms with Gasteiger partial charge in [0.15, 0.2) is 0 Å². The maximum atomic E-state index is 8.33. The molecule has 130 valence electrons. The first-order chi connectivity index (χ1) is 10.5. The predicted octanol–water partition coefficient (Wildman–Crippen LogP) is 2.92. The molecule has 0 aliphatic heterocycles. The first-order valence-electron chi connectivity index (χ1n) is 7.17. The molecule has 0 spiro atoms. The van der Waals surface area contributed by atoms with Crippen LogP contribution in [0.25, 0.3) is 0 Å². The van der Waals surface area contributed by atoms with E-state index in [-0.39, 0.29) is 12.5 Å². The Kier molecular flexibility index (Phi) is 29.8. The van der Waals surface area contributed by atoms with Gasteiger partial charge in [-0.25, -0.2) is 0 Å². The number of ether oxygens (including phenoxy) is 3.